The van der Waals surface area contributed by atoms with E-state index in [1.54, 1.807) is 20.9 Å². The topological polar surface area (TPSA) is 90.0 Å². The monoisotopic (exact) mass is 647 g/mol. The van der Waals surface area contributed by atoms with Crippen LogP contribution in [0, 0.1) is 28.4 Å². The number of quaternary nitrogens is 1. The van der Waals surface area contributed by atoms with E-state index in [0.29, 0.717) is 31.6 Å². The van der Waals surface area contributed by atoms with Crippen molar-refractivity contribution in [1.82, 2.24) is 15.1 Å². The van der Waals surface area contributed by atoms with Crippen molar-refractivity contribution < 1.29 is 32.8 Å². The van der Waals surface area contributed by atoms with Crippen LogP contribution < -0.4 is 5.32 Å². The smallest absolute Gasteiger partial charge is 0.319 e. The minimum Gasteiger partial charge on any atom is -0.395 e. The summed E-state index contributed by atoms with van der Waals surface area (Å²) >= 11 is 0. The van der Waals surface area contributed by atoms with Gasteiger partial charge in [0.25, 0.3) is 5.91 Å². The summed E-state index contributed by atoms with van der Waals surface area (Å²) in [6.45, 7) is 17.1. The number of hydrogen-bond donors (Lipinski definition) is 2. The summed E-state index contributed by atoms with van der Waals surface area (Å²) in [6, 6.07) is 2.35. The number of nitrogens with one attached hydrogen (secondary N) is 1. The molecule has 3 amide bonds. The first-order valence-corrected chi connectivity index (χ1v) is 17.1. The molecular formula is C36H57F2N4O4+. The van der Waals surface area contributed by atoms with Gasteiger partial charge in [-0.25, -0.2) is 13.6 Å². The van der Waals surface area contributed by atoms with Crippen molar-refractivity contribution in [2.75, 3.05) is 39.8 Å². The highest BCUT2D eigenvalue weighted by molar-refractivity contribution is 5.86. The first kappa shape index (κ1) is 36.4. The van der Waals surface area contributed by atoms with Gasteiger partial charge in [-0.1, -0.05) is 19.9 Å². The third-order valence-electron chi connectivity index (χ3n) is 11.2. The van der Waals surface area contributed by atoms with Gasteiger partial charge in [-0.3, -0.25) is 19.0 Å². The molecule has 2 aliphatic heterocycles. The van der Waals surface area contributed by atoms with Gasteiger partial charge in [-0.15, -0.1) is 0 Å². The normalized spacial score (nSPS) is 29.1. The van der Waals surface area contributed by atoms with Crippen LogP contribution in [0.25, 0.3) is 0 Å². The fourth-order valence-corrected chi connectivity index (χ4v) is 8.04. The van der Waals surface area contributed by atoms with E-state index in [9.17, 15) is 19.1 Å². The van der Waals surface area contributed by atoms with Crippen LogP contribution in [0.15, 0.2) is 18.2 Å². The first-order valence-electron chi connectivity index (χ1n) is 17.1. The van der Waals surface area contributed by atoms with E-state index in [1.807, 2.05) is 11.8 Å². The summed E-state index contributed by atoms with van der Waals surface area (Å²) in [5, 5.41) is 13.2. The molecule has 0 radical (unpaired) electrons. The van der Waals surface area contributed by atoms with Crippen LogP contribution >= 0.6 is 0 Å². The van der Waals surface area contributed by atoms with E-state index >= 15 is 9.18 Å². The number of likely N-dealkylation sites (N-methyl/N-ethyl adjacent to an activating group) is 2. The Kier molecular flexibility index (Phi) is 10.5. The molecule has 46 heavy (non-hydrogen) atoms. The fourth-order valence-electron chi connectivity index (χ4n) is 8.04. The molecule has 2 saturated heterocycles. The number of hydrogen-bond acceptors (Lipinski definition) is 5. The standard InChI is InChI=1S/C36H56F2N4O4/c1-10-39-31(44)30-18-25(41(33(46)36(7,8)22-43)24-13-15-35(5,6)16-14-24)21-42(30,9)32(45)28-20-40(34(2,3)4)19-27(28)26-12-11-23(37)17-29(26)38/h11-12,17,24-25,27-28,30,43H,10,13-16,18-22H2,1-9H3/p+1/t25-,27-,28+,30-,42?/m0/s1. The molecule has 1 unspecified atom stereocenters. The third-order valence-corrected chi connectivity index (χ3v) is 11.2. The Morgan fingerprint density at radius 2 is 1.70 bits per heavy atom. The molecule has 0 bridgehead atoms. The molecule has 10 heteroatoms. The van der Waals surface area contributed by atoms with Gasteiger partial charge in [-0.05, 0) is 84.3 Å². The van der Waals surface area contributed by atoms with Crippen LogP contribution in [0.3, 0.4) is 0 Å². The number of nitrogens with zero attached hydrogens (tertiary/aromatic N) is 3. The Hall–Kier alpha value is -2.43. The highest BCUT2D eigenvalue weighted by atomic mass is 19.1. The number of amides is 3. The lowest BCUT2D eigenvalue weighted by atomic mass is 9.74. The first-order chi connectivity index (χ1) is 21.3. The second-order valence-electron chi connectivity index (χ2n) is 16.7. The van der Waals surface area contributed by atoms with Crippen LogP contribution in [-0.2, 0) is 14.4 Å². The molecule has 258 valence electrons. The number of rotatable bonds is 8. The zero-order valence-electron chi connectivity index (χ0n) is 29.5. The minimum atomic E-state index is -1.02. The number of carbonyl (C=O) groups excluding carboxylic acids is 3. The second kappa shape index (κ2) is 13.2. The van der Waals surface area contributed by atoms with Crippen molar-refractivity contribution >= 4 is 17.7 Å². The molecule has 1 aliphatic carbocycles. The summed E-state index contributed by atoms with van der Waals surface area (Å²) in [4.78, 5) is 47.1. The van der Waals surface area contributed by atoms with Gasteiger partial charge in [0.2, 0.25) is 5.91 Å². The van der Waals surface area contributed by atoms with Crippen molar-refractivity contribution in [3.05, 3.63) is 35.4 Å². The summed E-state index contributed by atoms with van der Waals surface area (Å²) in [6.07, 6.45) is 3.85. The van der Waals surface area contributed by atoms with Gasteiger partial charge in [-0.2, -0.15) is 0 Å². The van der Waals surface area contributed by atoms with E-state index in [1.165, 1.54) is 12.1 Å². The summed E-state index contributed by atoms with van der Waals surface area (Å²) in [5.74, 6) is -3.09. The van der Waals surface area contributed by atoms with Crippen LogP contribution in [0.5, 0.6) is 0 Å². The lowest BCUT2D eigenvalue weighted by molar-refractivity contribution is -0.840. The van der Waals surface area contributed by atoms with Gasteiger partial charge in [0.15, 0.2) is 6.04 Å². The van der Waals surface area contributed by atoms with Gasteiger partial charge >= 0.3 is 5.91 Å². The maximum Gasteiger partial charge on any atom is 0.319 e. The number of halogens is 2. The zero-order chi connectivity index (χ0) is 34.4. The predicted octanol–water partition coefficient (Wildman–Crippen LogP) is 4.84. The minimum absolute atomic E-state index is 0.0585. The molecule has 5 atom stereocenters. The van der Waals surface area contributed by atoms with Crippen molar-refractivity contribution in [1.29, 1.82) is 0 Å². The maximum absolute atomic E-state index is 15.3. The average molecular weight is 648 g/mol. The maximum atomic E-state index is 15.3. The molecule has 2 N–H and O–H groups in total. The Morgan fingerprint density at radius 3 is 2.24 bits per heavy atom. The highest BCUT2D eigenvalue weighted by Gasteiger charge is 2.60. The summed E-state index contributed by atoms with van der Waals surface area (Å²) in [7, 11) is 1.80. The lowest BCUT2D eigenvalue weighted by Crippen LogP contribution is -2.62. The van der Waals surface area contributed by atoms with Crippen LogP contribution in [0.1, 0.15) is 99.0 Å². The second-order valence-corrected chi connectivity index (χ2v) is 16.7. The molecule has 3 fully saturated rings. The lowest BCUT2D eigenvalue weighted by Gasteiger charge is -2.45. The Morgan fingerprint density at radius 1 is 1.07 bits per heavy atom. The molecule has 3 aliphatic rings. The molecule has 1 aromatic carbocycles. The van der Waals surface area contributed by atoms with Gasteiger partial charge < -0.3 is 15.3 Å². The molecule has 1 aromatic rings. The van der Waals surface area contributed by atoms with Crippen LogP contribution in [0.2, 0.25) is 0 Å². The predicted molar refractivity (Wildman–Crippen MR) is 175 cm³/mol. The van der Waals surface area contributed by atoms with Gasteiger partial charge in [0, 0.05) is 49.6 Å². The Balaban J connectivity index is 1.76. The molecule has 4 rings (SSSR count). The zero-order valence-corrected chi connectivity index (χ0v) is 29.5. The Bertz CT molecular complexity index is 1300. The van der Waals surface area contributed by atoms with Gasteiger partial charge in [0.05, 0.1) is 31.0 Å². The Labute approximate surface area is 274 Å². The molecule has 1 saturated carbocycles. The van der Waals surface area contributed by atoms with Crippen molar-refractivity contribution in [2.24, 2.45) is 16.7 Å². The molecule has 8 nitrogen and oxygen atoms in total. The van der Waals surface area contributed by atoms with E-state index in [0.717, 1.165) is 31.7 Å². The van der Waals surface area contributed by atoms with E-state index < -0.39 is 41.0 Å². The molecular weight excluding hydrogens is 590 g/mol. The molecule has 0 aromatic heterocycles. The summed E-state index contributed by atoms with van der Waals surface area (Å²) in [5.41, 5.74) is -0.852. The largest absolute Gasteiger partial charge is 0.395 e. The van der Waals surface area contributed by atoms with E-state index in [-0.39, 0.29) is 52.4 Å². The third kappa shape index (κ3) is 7.19. The fraction of sp³-hybridized carbons (Fsp3) is 0.750. The van der Waals surface area contributed by atoms with Crippen LogP contribution in [-0.4, -0.2) is 101 Å². The molecule has 2 heterocycles. The highest BCUT2D eigenvalue weighted by Crippen LogP contribution is 2.44. The van der Waals surface area contributed by atoms with Gasteiger partial charge in [0.1, 0.15) is 18.2 Å². The molecule has 0 spiro atoms. The quantitative estimate of drug-likeness (QED) is 0.394. The van der Waals surface area contributed by atoms with E-state index in [2.05, 4.69) is 44.8 Å². The van der Waals surface area contributed by atoms with E-state index in [4.69, 9.17) is 0 Å². The number of aliphatic hydroxyl groups excluding tert-OH is 1. The number of aliphatic hydroxyl groups is 1. The average Bonchev–Trinajstić information content (AvgIpc) is 3.56. The number of carbonyl (C=O) groups is 3. The summed E-state index contributed by atoms with van der Waals surface area (Å²) < 4.78 is 29.0. The van der Waals surface area contributed by atoms with Crippen molar-refractivity contribution in [3.63, 3.8) is 0 Å². The number of likely N-dealkylation sites (tertiary alicyclic amines) is 2. The number of benzene rings is 1. The van der Waals surface area contributed by atoms with Crippen LogP contribution in [0.4, 0.5) is 8.78 Å². The van der Waals surface area contributed by atoms with Crippen molar-refractivity contribution in [2.45, 2.75) is 117 Å². The SMILES string of the molecule is CCNC(=O)[C@@H]1C[C@H](N(C(=O)C(C)(C)CO)C2CCC(C)(C)CC2)C[N+]1(C)C(=O)[C@@H]1CN(C(C)(C)C)C[C@H]1c1ccc(F)cc1F. The van der Waals surface area contributed by atoms with Crippen molar-refractivity contribution in [3.8, 4) is 0 Å².